The van der Waals surface area contributed by atoms with Crippen LogP contribution in [0.3, 0.4) is 0 Å². The van der Waals surface area contributed by atoms with Gasteiger partial charge in [0, 0.05) is 0 Å². The van der Waals surface area contributed by atoms with Crippen LogP contribution in [-0.2, 0) is 19.4 Å². The molecule has 0 saturated heterocycles. The molecule has 6 nitrogen and oxygen atoms in total. The molecular formula is C10H16O6. The van der Waals surface area contributed by atoms with E-state index in [0.717, 1.165) is 6.42 Å². The summed E-state index contributed by atoms with van der Waals surface area (Å²) in [6.07, 6.45) is 1.63. The Balaban J connectivity index is 4.59. The Morgan fingerprint density at radius 3 is 2.12 bits per heavy atom. The van der Waals surface area contributed by atoms with E-state index in [-0.39, 0.29) is 18.6 Å². The Bertz CT molecular complexity index is 281. The van der Waals surface area contributed by atoms with Gasteiger partial charge in [-0.2, -0.15) is 4.89 Å². The highest BCUT2D eigenvalue weighted by Crippen LogP contribution is 2.12. The fourth-order valence-corrected chi connectivity index (χ4v) is 0.928. The predicted molar refractivity (Wildman–Crippen MR) is 54.5 cm³/mol. The smallest absolute Gasteiger partial charge is 0.375 e. The second kappa shape index (κ2) is 7.70. The first kappa shape index (κ1) is 14.4. The summed E-state index contributed by atoms with van der Waals surface area (Å²) >= 11 is 0. The molecule has 0 atom stereocenters. The molecule has 16 heavy (non-hydrogen) atoms. The van der Waals surface area contributed by atoms with Gasteiger partial charge in [0.05, 0.1) is 12.2 Å². The van der Waals surface area contributed by atoms with Crippen LogP contribution in [0, 0.1) is 0 Å². The largest absolute Gasteiger partial charge is 0.478 e. The van der Waals surface area contributed by atoms with Gasteiger partial charge in [-0.3, -0.25) is 0 Å². The monoisotopic (exact) mass is 232 g/mol. The van der Waals surface area contributed by atoms with E-state index in [1.807, 2.05) is 6.92 Å². The van der Waals surface area contributed by atoms with E-state index >= 15 is 0 Å². The van der Waals surface area contributed by atoms with Gasteiger partial charge in [-0.15, -0.1) is 0 Å². The SMILES string of the molecule is CCCCOOC(C(=O)O)=C(CC)C(=O)O. The van der Waals surface area contributed by atoms with Gasteiger partial charge in [-0.1, -0.05) is 20.3 Å². The van der Waals surface area contributed by atoms with Crippen LogP contribution in [0.25, 0.3) is 0 Å². The van der Waals surface area contributed by atoms with E-state index in [4.69, 9.17) is 10.2 Å². The predicted octanol–water partition coefficient (Wildman–Crippen LogP) is 1.57. The Labute approximate surface area is 93.4 Å². The molecule has 0 aromatic heterocycles. The third-order valence-corrected chi connectivity index (χ3v) is 1.80. The summed E-state index contributed by atoms with van der Waals surface area (Å²) in [5.41, 5.74) is -0.316. The minimum absolute atomic E-state index is 0.0497. The van der Waals surface area contributed by atoms with E-state index in [2.05, 4.69) is 9.78 Å². The molecule has 0 rings (SSSR count). The van der Waals surface area contributed by atoms with Gasteiger partial charge < -0.3 is 15.1 Å². The summed E-state index contributed by atoms with van der Waals surface area (Å²) in [4.78, 5) is 30.6. The molecule has 0 fully saturated rings. The Morgan fingerprint density at radius 1 is 1.12 bits per heavy atom. The molecule has 0 aliphatic rings. The van der Waals surface area contributed by atoms with Gasteiger partial charge in [0.2, 0.25) is 0 Å². The van der Waals surface area contributed by atoms with E-state index in [1.165, 1.54) is 6.92 Å². The van der Waals surface area contributed by atoms with Crippen molar-refractivity contribution in [2.75, 3.05) is 6.61 Å². The quantitative estimate of drug-likeness (QED) is 0.217. The highest BCUT2D eigenvalue weighted by molar-refractivity contribution is 5.97. The summed E-state index contributed by atoms with van der Waals surface area (Å²) in [5.74, 6) is -3.43. The lowest BCUT2D eigenvalue weighted by molar-refractivity contribution is -0.264. The molecule has 0 aliphatic carbocycles. The van der Waals surface area contributed by atoms with Gasteiger partial charge in [-0.05, 0) is 12.8 Å². The molecule has 6 heteroatoms. The molecule has 0 aromatic carbocycles. The molecule has 0 amide bonds. The number of rotatable bonds is 8. The van der Waals surface area contributed by atoms with Crippen molar-refractivity contribution in [1.29, 1.82) is 0 Å². The number of unbranched alkanes of at least 4 members (excludes halogenated alkanes) is 1. The van der Waals surface area contributed by atoms with Crippen LogP contribution in [0.15, 0.2) is 11.3 Å². The molecule has 0 spiro atoms. The lowest BCUT2D eigenvalue weighted by Gasteiger charge is -2.07. The topological polar surface area (TPSA) is 93.1 Å². The Morgan fingerprint density at radius 2 is 1.75 bits per heavy atom. The summed E-state index contributed by atoms with van der Waals surface area (Å²) in [6.45, 7) is 3.69. The molecule has 0 aliphatic heterocycles. The maximum atomic E-state index is 10.7. The summed E-state index contributed by atoms with van der Waals surface area (Å²) in [5, 5.41) is 17.5. The molecule has 0 unspecified atom stereocenters. The average molecular weight is 232 g/mol. The zero-order chi connectivity index (χ0) is 12.6. The van der Waals surface area contributed by atoms with Crippen molar-refractivity contribution in [2.24, 2.45) is 0 Å². The van der Waals surface area contributed by atoms with E-state index < -0.39 is 17.7 Å². The highest BCUT2D eigenvalue weighted by atomic mass is 17.2. The van der Waals surface area contributed by atoms with Crippen molar-refractivity contribution < 1.29 is 29.6 Å². The first-order valence-corrected chi connectivity index (χ1v) is 5.03. The molecule has 0 radical (unpaired) electrons. The number of aliphatic carboxylic acids is 2. The van der Waals surface area contributed by atoms with Crippen LogP contribution in [0.1, 0.15) is 33.1 Å². The van der Waals surface area contributed by atoms with Crippen molar-refractivity contribution in [1.82, 2.24) is 0 Å². The van der Waals surface area contributed by atoms with Crippen molar-refractivity contribution in [3.05, 3.63) is 11.3 Å². The maximum absolute atomic E-state index is 10.7. The number of carboxylic acids is 2. The first-order valence-electron chi connectivity index (χ1n) is 5.03. The number of carbonyl (C=O) groups is 2. The Hall–Kier alpha value is -1.56. The third kappa shape index (κ3) is 4.79. The second-order valence-corrected chi connectivity index (χ2v) is 3.03. The van der Waals surface area contributed by atoms with Crippen molar-refractivity contribution >= 4 is 11.9 Å². The van der Waals surface area contributed by atoms with Crippen molar-refractivity contribution in [2.45, 2.75) is 33.1 Å². The van der Waals surface area contributed by atoms with Gasteiger partial charge >= 0.3 is 11.9 Å². The lowest BCUT2D eigenvalue weighted by Crippen LogP contribution is -2.14. The zero-order valence-electron chi connectivity index (χ0n) is 9.36. The minimum atomic E-state index is -1.45. The molecule has 0 aromatic rings. The normalized spacial score (nSPS) is 11.9. The molecule has 0 bridgehead atoms. The van der Waals surface area contributed by atoms with Gasteiger partial charge in [0.1, 0.15) is 0 Å². The van der Waals surface area contributed by atoms with Crippen molar-refractivity contribution in [3.63, 3.8) is 0 Å². The lowest BCUT2D eigenvalue weighted by atomic mass is 10.2. The maximum Gasteiger partial charge on any atom is 0.375 e. The number of hydrogen-bond acceptors (Lipinski definition) is 4. The molecule has 0 heterocycles. The minimum Gasteiger partial charge on any atom is -0.478 e. The Kier molecular flexibility index (Phi) is 6.95. The fraction of sp³-hybridized carbons (Fsp3) is 0.600. The van der Waals surface area contributed by atoms with Gasteiger partial charge in [0.25, 0.3) is 5.76 Å². The van der Waals surface area contributed by atoms with E-state index in [0.29, 0.717) is 6.42 Å². The summed E-state index contributed by atoms with van der Waals surface area (Å²) < 4.78 is 0. The van der Waals surface area contributed by atoms with E-state index in [9.17, 15) is 9.59 Å². The second-order valence-electron chi connectivity index (χ2n) is 3.03. The van der Waals surface area contributed by atoms with Crippen LogP contribution in [0.5, 0.6) is 0 Å². The number of carboxylic acid groups (broad SMARTS) is 2. The van der Waals surface area contributed by atoms with E-state index in [1.54, 1.807) is 0 Å². The van der Waals surface area contributed by atoms with Crippen LogP contribution in [0.2, 0.25) is 0 Å². The highest BCUT2D eigenvalue weighted by Gasteiger charge is 2.21. The summed E-state index contributed by atoms with van der Waals surface area (Å²) in [7, 11) is 0. The molecule has 2 N–H and O–H groups in total. The molecule has 0 saturated carbocycles. The summed E-state index contributed by atoms with van der Waals surface area (Å²) in [6, 6.07) is 0. The van der Waals surface area contributed by atoms with Crippen LogP contribution < -0.4 is 0 Å². The molecular weight excluding hydrogens is 216 g/mol. The van der Waals surface area contributed by atoms with Gasteiger partial charge in [0.15, 0.2) is 0 Å². The standard InChI is InChI=1S/C10H16O6/c1-3-5-6-15-16-8(10(13)14)7(4-2)9(11)12/h3-6H2,1-2H3,(H,11,12)(H,13,14). The van der Waals surface area contributed by atoms with Crippen molar-refractivity contribution in [3.8, 4) is 0 Å². The van der Waals surface area contributed by atoms with Crippen LogP contribution in [0.4, 0.5) is 0 Å². The van der Waals surface area contributed by atoms with Crippen LogP contribution in [-0.4, -0.2) is 28.8 Å². The molecule has 92 valence electrons. The zero-order valence-corrected chi connectivity index (χ0v) is 9.36. The fourth-order valence-electron chi connectivity index (χ4n) is 0.928. The van der Waals surface area contributed by atoms with Crippen LogP contribution >= 0.6 is 0 Å². The first-order chi connectivity index (χ1) is 7.54. The average Bonchev–Trinajstić information content (AvgIpc) is 2.21. The van der Waals surface area contributed by atoms with Gasteiger partial charge in [-0.25, -0.2) is 9.59 Å². The number of hydrogen-bond donors (Lipinski definition) is 2. The third-order valence-electron chi connectivity index (χ3n) is 1.80.